The van der Waals surface area contributed by atoms with Crippen molar-refractivity contribution in [2.45, 2.75) is 39.2 Å². The lowest BCUT2D eigenvalue weighted by Crippen LogP contribution is -2.24. The van der Waals surface area contributed by atoms with Crippen molar-refractivity contribution in [3.8, 4) is 11.1 Å². The second-order valence-corrected chi connectivity index (χ2v) is 6.45. The van der Waals surface area contributed by atoms with Crippen LogP contribution in [0.5, 0.6) is 0 Å². The zero-order valence-corrected chi connectivity index (χ0v) is 13.8. The summed E-state index contributed by atoms with van der Waals surface area (Å²) in [5.41, 5.74) is 2.95. The van der Waals surface area contributed by atoms with Gasteiger partial charge < -0.3 is 9.53 Å². The fourth-order valence-corrected chi connectivity index (χ4v) is 2.32. The highest BCUT2D eigenvalue weighted by atomic mass is 16.6. The van der Waals surface area contributed by atoms with Crippen LogP contribution in [0.25, 0.3) is 11.1 Å². The van der Waals surface area contributed by atoms with E-state index in [2.05, 4.69) is 0 Å². The van der Waals surface area contributed by atoms with E-state index in [9.17, 15) is 9.59 Å². The molecule has 0 aliphatic rings. The van der Waals surface area contributed by atoms with Crippen LogP contribution in [-0.2, 0) is 16.0 Å². The van der Waals surface area contributed by atoms with Crippen molar-refractivity contribution in [3.05, 3.63) is 59.7 Å². The van der Waals surface area contributed by atoms with Crippen molar-refractivity contribution in [2.24, 2.45) is 0 Å². The van der Waals surface area contributed by atoms with Gasteiger partial charge in [0.15, 0.2) is 0 Å². The minimum Gasteiger partial charge on any atom is -0.456 e. The van der Waals surface area contributed by atoms with E-state index in [0.717, 1.165) is 29.4 Å². The summed E-state index contributed by atoms with van der Waals surface area (Å²) < 4.78 is 5.48. The predicted octanol–water partition coefficient (Wildman–Crippen LogP) is 4.44. The lowest BCUT2D eigenvalue weighted by atomic mass is 9.98. The van der Waals surface area contributed by atoms with Gasteiger partial charge in [-0.05, 0) is 49.9 Å². The number of rotatable bonds is 5. The van der Waals surface area contributed by atoms with E-state index in [1.165, 1.54) is 0 Å². The first-order chi connectivity index (χ1) is 10.9. The zero-order valence-electron chi connectivity index (χ0n) is 13.8. The lowest BCUT2D eigenvalue weighted by molar-refractivity contribution is -0.107. The van der Waals surface area contributed by atoms with Gasteiger partial charge in [0.25, 0.3) is 0 Å². The molecular weight excluding hydrogens is 288 g/mol. The Kier molecular flexibility index (Phi) is 5.32. The van der Waals surface area contributed by atoms with Crippen molar-refractivity contribution in [2.75, 3.05) is 0 Å². The van der Waals surface area contributed by atoms with E-state index in [4.69, 9.17) is 4.74 Å². The summed E-state index contributed by atoms with van der Waals surface area (Å²) in [5, 5.41) is 0. The van der Waals surface area contributed by atoms with Crippen molar-refractivity contribution < 1.29 is 14.3 Å². The Morgan fingerprint density at radius 1 is 1.04 bits per heavy atom. The molecule has 0 aliphatic heterocycles. The number of hydrogen-bond acceptors (Lipinski definition) is 3. The predicted molar refractivity (Wildman–Crippen MR) is 91.4 cm³/mol. The summed E-state index contributed by atoms with van der Waals surface area (Å²) in [6.07, 6.45) is 2.18. The average molecular weight is 310 g/mol. The van der Waals surface area contributed by atoms with Gasteiger partial charge in [0.1, 0.15) is 11.9 Å². The molecule has 2 rings (SSSR count). The molecule has 0 saturated carbocycles. The van der Waals surface area contributed by atoms with Gasteiger partial charge in [-0.1, -0.05) is 42.5 Å². The number of esters is 1. The molecule has 23 heavy (non-hydrogen) atoms. The molecular formula is C20H22O3. The maximum absolute atomic E-state index is 12.4. The van der Waals surface area contributed by atoms with Gasteiger partial charge in [-0.3, -0.25) is 0 Å². The van der Waals surface area contributed by atoms with E-state index in [1.807, 2.05) is 63.2 Å². The van der Waals surface area contributed by atoms with Gasteiger partial charge in [-0.15, -0.1) is 0 Å². The van der Waals surface area contributed by atoms with E-state index >= 15 is 0 Å². The van der Waals surface area contributed by atoms with Gasteiger partial charge in [-0.25, -0.2) is 4.79 Å². The molecule has 3 nitrogen and oxygen atoms in total. The molecule has 0 amide bonds. The van der Waals surface area contributed by atoms with Crippen LogP contribution in [0.3, 0.4) is 0 Å². The van der Waals surface area contributed by atoms with Crippen molar-refractivity contribution in [3.63, 3.8) is 0 Å². The molecule has 0 radical (unpaired) electrons. The number of hydrogen-bond donors (Lipinski definition) is 0. The molecule has 0 spiro atoms. The third-order valence-electron chi connectivity index (χ3n) is 3.36. The number of carbonyl (C=O) groups excluding carboxylic acids is 2. The molecule has 0 unspecified atom stereocenters. The fraction of sp³-hybridized carbons (Fsp3) is 0.300. The summed E-state index contributed by atoms with van der Waals surface area (Å²) in [4.78, 5) is 22.9. The number of carbonyl (C=O) groups is 2. The Labute approximate surface area is 137 Å². The highest BCUT2D eigenvalue weighted by molar-refractivity contribution is 5.97. The Hall–Kier alpha value is -2.42. The quantitative estimate of drug-likeness (QED) is 0.605. The molecule has 120 valence electrons. The normalized spacial score (nSPS) is 11.1. The van der Waals surface area contributed by atoms with Crippen LogP contribution >= 0.6 is 0 Å². The minimum absolute atomic E-state index is 0.321. The summed E-state index contributed by atoms with van der Waals surface area (Å²) >= 11 is 0. The lowest BCUT2D eigenvalue weighted by Gasteiger charge is -2.20. The van der Waals surface area contributed by atoms with E-state index in [1.54, 1.807) is 6.07 Å². The van der Waals surface area contributed by atoms with Crippen LogP contribution < -0.4 is 0 Å². The van der Waals surface area contributed by atoms with E-state index < -0.39 is 5.60 Å². The minimum atomic E-state index is -0.525. The van der Waals surface area contributed by atoms with Crippen LogP contribution in [0.15, 0.2) is 48.5 Å². The van der Waals surface area contributed by atoms with Crippen molar-refractivity contribution in [1.29, 1.82) is 0 Å². The molecule has 3 heteroatoms. The third-order valence-corrected chi connectivity index (χ3v) is 3.36. The second kappa shape index (κ2) is 7.23. The fourth-order valence-electron chi connectivity index (χ4n) is 2.32. The largest absolute Gasteiger partial charge is 0.456 e. The summed E-state index contributed by atoms with van der Waals surface area (Å²) in [6.45, 7) is 5.57. The molecule has 2 aromatic carbocycles. The average Bonchev–Trinajstić information content (AvgIpc) is 2.52. The molecule has 0 aromatic heterocycles. The number of aryl methyl sites for hydroxylation is 1. The molecule has 0 bridgehead atoms. The molecule has 0 heterocycles. The van der Waals surface area contributed by atoms with Crippen molar-refractivity contribution in [1.82, 2.24) is 0 Å². The smallest absolute Gasteiger partial charge is 0.339 e. The van der Waals surface area contributed by atoms with Gasteiger partial charge in [0, 0.05) is 6.42 Å². The number of ether oxygens (including phenoxy) is 1. The van der Waals surface area contributed by atoms with Crippen molar-refractivity contribution >= 4 is 12.3 Å². The van der Waals surface area contributed by atoms with Gasteiger partial charge in [0.05, 0.1) is 5.56 Å². The second-order valence-electron chi connectivity index (χ2n) is 6.45. The van der Waals surface area contributed by atoms with Gasteiger partial charge >= 0.3 is 5.97 Å². The highest BCUT2D eigenvalue weighted by Crippen LogP contribution is 2.26. The molecule has 0 aliphatic carbocycles. The molecule has 0 N–H and O–H groups in total. The summed E-state index contributed by atoms with van der Waals surface area (Å²) in [6, 6.07) is 15.4. The standard InChI is InChI=1S/C20H22O3/c1-20(2,3)23-19(22)18-9-5-4-8-17(18)16-12-10-15(11-13-16)7-6-14-21/h4-5,8-14H,6-7H2,1-3H3. The Morgan fingerprint density at radius 2 is 1.70 bits per heavy atom. The molecule has 0 saturated heterocycles. The first kappa shape index (κ1) is 16.9. The molecule has 0 fully saturated rings. The van der Waals surface area contributed by atoms with Gasteiger partial charge in [0.2, 0.25) is 0 Å². The summed E-state index contributed by atoms with van der Waals surface area (Å²) in [5.74, 6) is -0.321. The van der Waals surface area contributed by atoms with Crippen LogP contribution in [0.1, 0.15) is 43.1 Å². The van der Waals surface area contributed by atoms with Crippen LogP contribution in [-0.4, -0.2) is 17.9 Å². The highest BCUT2D eigenvalue weighted by Gasteiger charge is 2.20. The topological polar surface area (TPSA) is 43.4 Å². The maximum Gasteiger partial charge on any atom is 0.339 e. The number of aldehydes is 1. The Balaban J connectivity index is 2.29. The van der Waals surface area contributed by atoms with Crippen LogP contribution in [0.4, 0.5) is 0 Å². The first-order valence-corrected chi connectivity index (χ1v) is 7.76. The zero-order chi connectivity index (χ0) is 16.9. The first-order valence-electron chi connectivity index (χ1n) is 7.76. The Morgan fingerprint density at radius 3 is 2.30 bits per heavy atom. The Bertz CT molecular complexity index is 679. The van der Waals surface area contributed by atoms with Gasteiger partial charge in [-0.2, -0.15) is 0 Å². The molecule has 0 atom stereocenters. The van der Waals surface area contributed by atoms with Crippen LogP contribution in [0, 0.1) is 0 Å². The summed E-state index contributed by atoms with van der Waals surface area (Å²) in [7, 11) is 0. The molecule has 2 aromatic rings. The monoisotopic (exact) mass is 310 g/mol. The van der Waals surface area contributed by atoms with Crippen LogP contribution in [0.2, 0.25) is 0 Å². The van der Waals surface area contributed by atoms with E-state index in [-0.39, 0.29) is 5.97 Å². The third kappa shape index (κ3) is 4.78. The maximum atomic E-state index is 12.4. The van der Waals surface area contributed by atoms with E-state index in [0.29, 0.717) is 12.0 Å². The SMILES string of the molecule is CC(C)(C)OC(=O)c1ccccc1-c1ccc(CCC=O)cc1. The number of benzene rings is 2.